The molecule has 1 aromatic heterocycles. The van der Waals surface area contributed by atoms with E-state index in [1.165, 1.54) is 11.5 Å². The first-order valence-electron chi connectivity index (χ1n) is 9.78. The van der Waals surface area contributed by atoms with Crippen LogP contribution in [0.1, 0.15) is 17.5 Å². The number of nitrogens with zero attached hydrogens (tertiary/aromatic N) is 2. The first-order valence-corrected chi connectivity index (χ1v) is 10.9. The summed E-state index contributed by atoms with van der Waals surface area (Å²) in [6, 6.07) is 5.76. The van der Waals surface area contributed by atoms with Crippen LogP contribution in [0.3, 0.4) is 0 Å². The van der Waals surface area contributed by atoms with Crippen LogP contribution < -0.4 is 15.0 Å². The molecule has 1 N–H and O–H groups in total. The second-order valence-electron chi connectivity index (χ2n) is 7.36. The summed E-state index contributed by atoms with van der Waals surface area (Å²) in [7, 11) is 1.63. The lowest BCUT2D eigenvalue weighted by molar-refractivity contribution is 0.414. The number of methoxy groups -OCH3 is 1. The predicted octanol–water partition coefficient (Wildman–Crippen LogP) is 5.13. The van der Waals surface area contributed by atoms with Crippen LogP contribution in [0.25, 0.3) is 28.1 Å². The molecule has 1 aliphatic heterocycles. The van der Waals surface area contributed by atoms with Crippen LogP contribution in [0.5, 0.6) is 5.75 Å². The number of nitrogens with one attached hydrogen (secondary N) is 1. The molecule has 0 amide bonds. The lowest BCUT2D eigenvalue weighted by atomic mass is 9.89. The van der Waals surface area contributed by atoms with E-state index in [-0.39, 0.29) is 5.82 Å². The third-order valence-corrected chi connectivity index (χ3v) is 6.88. The Kier molecular flexibility index (Phi) is 4.94. The summed E-state index contributed by atoms with van der Waals surface area (Å²) in [5.41, 5.74) is 3.71. The number of piperazine rings is 1. The Morgan fingerprint density at radius 1 is 1.24 bits per heavy atom. The van der Waals surface area contributed by atoms with Crippen molar-refractivity contribution in [3.63, 3.8) is 0 Å². The van der Waals surface area contributed by atoms with Crippen LogP contribution >= 0.6 is 23.1 Å². The van der Waals surface area contributed by atoms with Crippen molar-refractivity contribution < 1.29 is 9.13 Å². The molecule has 4 nitrogen and oxygen atoms in total. The van der Waals surface area contributed by atoms with Crippen molar-refractivity contribution in [3.8, 4) is 16.9 Å². The van der Waals surface area contributed by atoms with Gasteiger partial charge in [0.15, 0.2) is 5.82 Å². The van der Waals surface area contributed by atoms with Crippen LogP contribution in [0.15, 0.2) is 24.3 Å². The summed E-state index contributed by atoms with van der Waals surface area (Å²) in [5, 5.41) is 5.52. The Morgan fingerprint density at radius 3 is 2.86 bits per heavy atom. The van der Waals surface area contributed by atoms with Gasteiger partial charge in [-0.3, -0.25) is 0 Å². The molecule has 0 spiro atoms. The van der Waals surface area contributed by atoms with Crippen molar-refractivity contribution in [2.75, 3.05) is 38.2 Å². The molecule has 7 heteroatoms. The number of benzene rings is 2. The van der Waals surface area contributed by atoms with Gasteiger partial charge in [0, 0.05) is 37.1 Å². The zero-order chi connectivity index (χ0) is 20.0. The van der Waals surface area contributed by atoms with Gasteiger partial charge in [-0.1, -0.05) is 23.8 Å². The van der Waals surface area contributed by atoms with E-state index in [0.29, 0.717) is 21.9 Å². The number of allylic oxidation sites excluding steroid dienone is 1. The fraction of sp³-hybridized carbons (Fsp3) is 0.318. The van der Waals surface area contributed by atoms with Crippen molar-refractivity contribution in [2.45, 2.75) is 12.8 Å². The van der Waals surface area contributed by atoms with E-state index in [1.807, 2.05) is 18.2 Å². The molecule has 2 aromatic carbocycles. The molecule has 3 aromatic rings. The second kappa shape index (κ2) is 7.59. The molecule has 2 aliphatic rings. The number of rotatable bonds is 3. The fourth-order valence-corrected chi connectivity index (χ4v) is 5.40. The highest BCUT2D eigenvalue weighted by atomic mass is 35.5. The molecule has 0 bridgehead atoms. The van der Waals surface area contributed by atoms with E-state index in [9.17, 15) is 0 Å². The van der Waals surface area contributed by atoms with Crippen LogP contribution in [-0.2, 0) is 6.42 Å². The summed E-state index contributed by atoms with van der Waals surface area (Å²) in [6.07, 6.45) is 6.05. The smallest absolute Gasteiger partial charge is 0.159 e. The van der Waals surface area contributed by atoms with Gasteiger partial charge in [-0.15, -0.1) is 0 Å². The molecule has 0 saturated carbocycles. The Bertz CT molecular complexity index is 1120. The largest absolute Gasteiger partial charge is 0.497 e. The average molecular weight is 430 g/mol. The van der Waals surface area contributed by atoms with Gasteiger partial charge in [0.05, 0.1) is 12.1 Å². The first kappa shape index (κ1) is 18.9. The minimum absolute atomic E-state index is 0.362. The van der Waals surface area contributed by atoms with E-state index in [4.69, 9.17) is 16.3 Å². The van der Waals surface area contributed by atoms with Gasteiger partial charge < -0.3 is 15.0 Å². The van der Waals surface area contributed by atoms with Crippen molar-refractivity contribution in [3.05, 3.63) is 46.2 Å². The number of hydrogen-bond acceptors (Lipinski definition) is 5. The second-order valence-corrected chi connectivity index (χ2v) is 8.52. The van der Waals surface area contributed by atoms with Crippen molar-refractivity contribution >= 4 is 45.1 Å². The normalized spacial score (nSPS) is 16.3. The SMILES string of the molecule is COc1cc2c(c(-c3c(Cl)cc4c(N5CCNCC5)snc4c3F)c1)C=CCC2. The fourth-order valence-electron chi connectivity index (χ4n) is 4.19. The monoisotopic (exact) mass is 429 g/mol. The van der Waals surface area contributed by atoms with Crippen molar-refractivity contribution in [2.24, 2.45) is 0 Å². The molecule has 5 rings (SSSR count). The number of halogens is 2. The first-order chi connectivity index (χ1) is 14.2. The number of hydrogen-bond donors (Lipinski definition) is 1. The van der Waals surface area contributed by atoms with Gasteiger partial charge in [0.1, 0.15) is 16.3 Å². The Morgan fingerprint density at radius 2 is 2.07 bits per heavy atom. The summed E-state index contributed by atoms with van der Waals surface area (Å²) in [5.74, 6) is 0.351. The van der Waals surface area contributed by atoms with Crippen LogP contribution in [0.4, 0.5) is 9.39 Å². The molecular weight excluding hydrogens is 409 g/mol. The van der Waals surface area contributed by atoms with E-state index in [2.05, 4.69) is 26.7 Å². The number of aromatic nitrogens is 1. The molecule has 0 atom stereocenters. The van der Waals surface area contributed by atoms with E-state index in [1.54, 1.807) is 7.11 Å². The van der Waals surface area contributed by atoms with Crippen molar-refractivity contribution in [1.82, 2.24) is 9.69 Å². The molecule has 1 saturated heterocycles. The third-order valence-electron chi connectivity index (χ3n) is 5.66. The van der Waals surface area contributed by atoms with Gasteiger partial charge in [-0.2, -0.15) is 4.37 Å². The summed E-state index contributed by atoms with van der Waals surface area (Å²) >= 11 is 8.03. The van der Waals surface area contributed by atoms with Gasteiger partial charge in [-0.25, -0.2) is 4.39 Å². The van der Waals surface area contributed by atoms with Crippen LogP contribution in [0.2, 0.25) is 5.02 Å². The van der Waals surface area contributed by atoms with Gasteiger partial charge in [0.2, 0.25) is 0 Å². The number of ether oxygens (including phenoxy) is 1. The highest BCUT2D eigenvalue weighted by Gasteiger charge is 2.25. The molecule has 1 aliphatic carbocycles. The maximum atomic E-state index is 15.8. The molecule has 29 heavy (non-hydrogen) atoms. The maximum absolute atomic E-state index is 15.8. The van der Waals surface area contributed by atoms with Crippen molar-refractivity contribution in [1.29, 1.82) is 0 Å². The van der Waals surface area contributed by atoms with E-state index in [0.717, 1.165) is 66.1 Å². The summed E-state index contributed by atoms with van der Waals surface area (Å²) in [4.78, 5) is 2.25. The predicted molar refractivity (Wildman–Crippen MR) is 119 cm³/mol. The molecular formula is C22H21ClFN3OS. The molecule has 0 unspecified atom stereocenters. The minimum atomic E-state index is -0.362. The Labute approximate surface area is 178 Å². The highest BCUT2D eigenvalue weighted by Crippen LogP contribution is 2.44. The van der Waals surface area contributed by atoms with Crippen LogP contribution in [0, 0.1) is 5.82 Å². The standard InChI is InChI=1S/C22H21ClFN3OS/c1-28-14-10-13-4-2-3-5-15(13)16(11-14)19-18(23)12-17-21(20(19)24)26-29-22(17)27-8-6-25-7-9-27/h3,5,10-12,25H,2,4,6-9H2,1H3. The summed E-state index contributed by atoms with van der Waals surface area (Å²) in [6.45, 7) is 3.59. The molecule has 1 fully saturated rings. The van der Waals surface area contributed by atoms with E-state index < -0.39 is 0 Å². The topological polar surface area (TPSA) is 37.4 Å². The van der Waals surface area contributed by atoms with Crippen LogP contribution in [-0.4, -0.2) is 37.7 Å². The highest BCUT2D eigenvalue weighted by molar-refractivity contribution is 7.11. The number of fused-ring (bicyclic) bond motifs is 2. The average Bonchev–Trinajstić information content (AvgIpc) is 3.18. The Balaban J connectivity index is 1.70. The molecule has 0 radical (unpaired) electrons. The lowest BCUT2D eigenvalue weighted by Crippen LogP contribution is -2.43. The molecule has 150 valence electrons. The quantitative estimate of drug-likeness (QED) is 0.626. The number of aryl methyl sites for hydroxylation is 1. The van der Waals surface area contributed by atoms with E-state index >= 15 is 4.39 Å². The summed E-state index contributed by atoms with van der Waals surface area (Å²) < 4.78 is 25.7. The zero-order valence-electron chi connectivity index (χ0n) is 16.1. The maximum Gasteiger partial charge on any atom is 0.159 e. The minimum Gasteiger partial charge on any atom is -0.497 e. The lowest BCUT2D eigenvalue weighted by Gasteiger charge is -2.28. The number of anilines is 1. The zero-order valence-corrected chi connectivity index (χ0v) is 17.7. The van der Waals surface area contributed by atoms with Gasteiger partial charge >= 0.3 is 0 Å². The third kappa shape index (κ3) is 3.19. The Hall–Kier alpha value is -2.15. The van der Waals surface area contributed by atoms with Gasteiger partial charge in [0.25, 0.3) is 0 Å². The molecule has 2 heterocycles. The van der Waals surface area contributed by atoms with Gasteiger partial charge in [-0.05, 0) is 59.3 Å².